The molecular formula is C17H21BrN4O2. The van der Waals surface area contributed by atoms with Crippen molar-refractivity contribution in [1.29, 1.82) is 0 Å². The number of hydrogen-bond acceptors (Lipinski definition) is 6. The minimum absolute atomic E-state index is 0.229. The molecule has 0 saturated carbocycles. The highest BCUT2D eigenvalue weighted by Gasteiger charge is 2.22. The van der Waals surface area contributed by atoms with E-state index in [4.69, 9.17) is 9.47 Å². The summed E-state index contributed by atoms with van der Waals surface area (Å²) in [7, 11) is 1.68. The molecule has 1 aliphatic heterocycles. The number of benzene rings is 1. The second-order valence-electron chi connectivity index (χ2n) is 5.54. The van der Waals surface area contributed by atoms with Gasteiger partial charge in [-0.2, -0.15) is 0 Å². The van der Waals surface area contributed by atoms with Gasteiger partial charge in [0.1, 0.15) is 5.75 Å². The maximum Gasteiger partial charge on any atom is 0.222 e. The molecule has 0 spiro atoms. The minimum atomic E-state index is 0.229. The number of anilines is 1. The van der Waals surface area contributed by atoms with Crippen LogP contribution >= 0.6 is 15.9 Å². The van der Waals surface area contributed by atoms with Gasteiger partial charge in [0.2, 0.25) is 5.95 Å². The van der Waals surface area contributed by atoms with Crippen molar-refractivity contribution >= 4 is 21.9 Å². The molecule has 1 N–H and O–H groups in total. The lowest BCUT2D eigenvalue weighted by molar-refractivity contribution is 0.0187. The molecule has 0 amide bonds. The SMILES string of the molecule is COc1ccc(C(CNc2ncc(Br)cn2)N2CCOCC2)cc1. The van der Waals surface area contributed by atoms with E-state index >= 15 is 0 Å². The van der Waals surface area contributed by atoms with Gasteiger partial charge in [-0.25, -0.2) is 9.97 Å². The zero-order chi connectivity index (χ0) is 16.8. The van der Waals surface area contributed by atoms with Crippen LogP contribution in [-0.2, 0) is 4.74 Å². The van der Waals surface area contributed by atoms with Gasteiger partial charge in [0.25, 0.3) is 0 Å². The van der Waals surface area contributed by atoms with Crippen LogP contribution in [0.4, 0.5) is 5.95 Å². The van der Waals surface area contributed by atoms with Crippen molar-refractivity contribution in [3.8, 4) is 5.75 Å². The maximum absolute atomic E-state index is 5.49. The number of halogens is 1. The van der Waals surface area contributed by atoms with Crippen LogP contribution in [0.3, 0.4) is 0 Å². The fraction of sp³-hybridized carbons (Fsp3) is 0.412. The van der Waals surface area contributed by atoms with Gasteiger partial charge >= 0.3 is 0 Å². The van der Waals surface area contributed by atoms with Gasteiger partial charge in [-0.15, -0.1) is 0 Å². The Hall–Kier alpha value is -1.70. The van der Waals surface area contributed by atoms with Gasteiger partial charge < -0.3 is 14.8 Å². The van der Waals surface area contributed by atoms with Gasteiger partial charge in [-0.1, -0.05) is 12.1 Å². The summed E-state index contributed by atoms with van der Waals surface area (Å²) in [4.78, 5) is 11.0. The molecule has 128 valence electrons. The molecule has 1 fully saturated rings. The van der Waals surface area contributed by atoms with Gasteiger partial charge in [0, 0.05) is 32.0 Å². The average Bonchev–Trinajstić information content (AvgIpc) is 2.65. The first-order valence-corrected chi connectivity index (χ1v) is 8.73. The summed E-state index contributed by atoms with van der Waals surface area (Å²) < 4.78 is 11.6. The van der Waals surface area contributed by atoms with Crippen molar-refractivity contribution in [3.63, 3.8) is 0 Å². The molecule has 7 heteroatoms. The third-order valence-electron chi connectivity index (χ3n) is 4.06. The summed E-state index contributed by atoms with van der Waals surface area (Å²) in [6.07, 6.45) is 3.49. The Morgan fingerprint density at radius 1 is 1.21 bits per heavy atom. The van der Waals surface area contributed by atoms with Crippen molar-refractivity contribution in [2.24, 2.45) is 0 Å². The monoisotopic (exact) mass is 392 g/mol. The summed E-state index contributed by atoms with van der Waals surface area (Å²) in [5.74, 6) is 1.49. The highest BCUT2D eigenvalue weighted by atomic mass is 79.9. The van der Waals surface area contributed by atoms with E-state index in [1.54, 1.807) is 19.5 Å². The Kier molecular flexibility index (Phi) is 6.01. The maximum atomic E-state index is 5.49. The summed E-state index contributed by atoms with van der Waals surface area (Å²) in [6.45, 7) is 4.09. The number of nitrogens with zero attached hydrogens (tertiary/aromatic N) is 3. The van der Waals surface area contributed by atoms with Crippen LogP contribution in [0.25, 0.3) is 0 Å². The third kappa shape index (κ3) is 4.43. The zero-order valence-corrected chi connectivity index (χ0v) is 15.2. The predicted octanol–water partition coefficient (Wildman–Crippen LogP) is 2.73. The van der Waals surface area contributed by atoms with Gasteiger partial charge in [0.15, 0.2) is 0 Å². The molecule has 2 aromatic rings. The van der Waals surface area contributed by atoms with E-state index in [0.29, 0.717) is 5.95 Å². The molecule has 1 aromatic carbocycles. The Morgan fingerprint density at radius 2 is 1.88 bits per heavy atom. The van der Waals surface area contributed by atoms with Gasteiger partial charge in [0.05, 0.1) is 30.8 Å². The predicted molar refractivity (Wildman–Crippen MR) is 96.3 cm³/mol. The second-order valence-corrected chi connectivity index (χ2v) is 6.46. The van der Waals surface area contributed by atoms with Crippen LogP contribution in [0.15, 0.2) is 41.1 Å². The summed E-state index contributed by atoms with van der Waals surface area (Å²) in [5.41, 5.74) is 1.24. The molecule has 0 aliphatic carbocycles. The van der Waals surface area contributed by atoms with Gasteiger partial charge in [-0.05, 0) is 33.6 Å². The second kappa shape index (κ2) is 8.41. The quantitative estimate of drug-likeness (QED) is 0.815. The molecular weight excluding hydrogens is 372 g/mol. The Balaban J connectivity index is 1.74. The minimum Gasteiger partial charge on any atom is -0.497 e. The molecule has 1 saturated heterocycles. The number of aromatic nitrogens is 2. The lowest BCUT2D eigenvalue weighted by Gasteiger charge is -2.35. The van der Waals surface area contributed by atoms with Crippen molar-refractivity contribution in [2.45, 2.75) is 6.04 Å². The first-order valence-electron chi connectivity index (χ1n) is 7.93. The van der Waals surface area contributed by atoms with Crippen molar-refractivity contribution in [3.05, 3.63) is 46.7 Å². The molecule has 2 heterocycles. The molecule has 24 heavy (non-hydrogen) atoms. The molecule has 3 rings (SSSR count). The summed E-state index contributed by atoms with van der Waals surface area (Å²) >= 11 is 3.35. The first kappa shape index (κ1) is 17.1. The Bertz CT molecular complexity index is 630. The Morgan fingerprint density at radius 3 is 2.50 bits per heavy atom. The van der Waals surface area contributed by atoms with E-state index in [0.717, 1.165) is 43.1 Å². The van der Waals surface area contributed by atoms with Crippen LogP contribution in [-0.4, -0.2) is 54.8 Å². The van der Waals surface area contributed by atoms with Crippen molar-refractivity contribution < 1.29 is 9.47 Å². The zero-order valence-electron chi connectivity index (χ0n) is 13.6. The van der Waals surface area contributed by atoms with Crippen LogP contribution < -0.4 is 10.1 Å². The fourth-order valence-corrected chi connectivity index (χ4v) is 2.97. The number of morpholine rings is 1. The normalized spacial score (nSPS) is 16.6. The molecule has 1 atom stereocenters. The number of ether oxygens (including phenoxy) is 2. The van der Waals surface area contributed by atoms with Crippen LogP contribution in [0.2, 0.25) is 0 Å². The number of rotatable bonds is 6. The van der Waals surface area contributed by atoms with Crippen molar-refractivity contribution in [2.75, 3.05) is 45.3 Å². The summed E-state index contributed by atoms with van der Waals surface area (Å²) in [6, 6.07) is 8.45. The average molecular weight is 393 g/mol. The third-order valence-corrected chi connectivity index (χ3v) is 4.47. The lowest BCUT2D eigenvalue weighted by atomic mass is 10.0. The smallest absolute Gasteiger partial charge is 0.222 e. The van der Waals surface area contributed by atoms with E-state index < -0.39 is 0 Å². The van der Waals surface area contributed by atoms with Crippen LogP contribution in [0.1, 0.15) is 11.6 Å². The lowest BCUT2D eigenvalue weighted by Crippen LogP contribution is -2.41. The Labute approximate surface area is 150 Å². The molecule has 6 nitrogen and oxygen atoms in total. The largest absolute Gasteiger partial charge is 0.497 e. The van der Waals surface area contributed by atoms with Crippen LogP contribution in [0.5, 0.6) is 5.75 Å². The first-order chi connectivity index (χ1) is 11.8. The molecule has 1 aliphatic rings. The highest BCUT2D eigenvalue weighted by Crippen LogP contribution is 2.24. The fourth-order valence-electron chi connectivity index (χ4n) is 2.76. The van der Waals surface area contributed by atoms with E-state index in [1.807, 2.05) is 12.1 Å². The molecule has 0 bridgehead atoms. The van der Waals surface area contributed by atoms with Crippen LogP contribution in [0, 0.1) is 0 Å². The molecule has 1 aromatic heterocycles. The van der Waals surface area contributed by atoms with Gasteiger partial charge in [-0.3, -0.25) is 4.90 Å². The van der Waals surface area contributed by atoms with E-state index in [-0.39, 0.29) is 6.04 Å². The van der Waals surface area contributed by atoms with Crippen molar-refractivity contribution in [1.82, 2.24) is 14.9 Å². The van der Waals surface area contributed by atoms with E-state index in [1.165, 1.54) is 5.56 Å². The van der Waals surface area contributed by atoms with E-state index in [2.05, 4.69) is 48.2 Å². The standard InChI is InChI=1S/C17H21BrN4O2/c1-23-15-4-2-13(3-5-15)16(22-6-8-24-9-7-22)12-21-17-19-10-14(18)11-20-17/h2-5,10-11,16H,6-9,12H2,1H3,(H,19,20,21). The molecule has 0 radical (unpaired) electrons. The summed E-state index contributed by atoms with van der Waals surface area (Å²) in [5, 5.41) is 3.34. The van der Waals surface area contributed by atoms with E-state index in [9.17, 15) is 0 Å². The number of methoxy groups -OCH3 is 1. The number of nitrogens with one attached hydrogen (secondary N) is 1. The topological polar surface area (TPSA) is 59.5 Å². The molecule has 1 unspecified atom stereocenters. The highest BCUT2D eigenvalue weighted by molar-refractivity contribution is 9.10. The number of hydrogen-bond donors (Lipinski definition) is 1.